The van der Waals surface area contributed by atoms with E-state index in [4.69, 9.17) is 5.11 Å². The Morgan fingerprint density at radius 2 is 2.31 bits per heavy atom. The highest BCUT2D eigenvalue weighted by Crippen LogP contribution is 2.19. The molecule has 1 amide bonds. The standard InChI is InChI=1S/C12H9NO3/c14-11(15)6-5-9-7-8-3-1-2-4-10(8)13-12(9)16/h1-3,5-7H,4H2,(H,14,15)/b6-5+. The molecule has 1 aliphatic carbocycles. The van der Waals surface area contributed by atoms with Crippen LogP contribution in [0.3, 0.4) is 0 Å². The summed E-state index contributed by atoms with van der Waals surface area (Å²) in [6.07, 6.45) is 10.2. The van der Waals surface area contributed by atoms with Gasteiger partial charge in [-0.15, -0.1) is 0 Å². The molecule has 0 atom stereocenters. The second-order valence-corrected chi connectivity index (χ2v) is 3.39. The molecule has 0 unspecified atom stereocenters. The molecule has 0 spiro atoms. The molecule has 0 aromatic heterocycles. The number of carboxylic acid groups (broad SMARTS) is 1. The Labute approximate surface area is 92.0 Å². The minimum Gasteiger partial charge on any atom is -0.478 e. The van der Waals surface area contributed by atoms with E-state index >= 15 is 0 Å². The van der Waals surface area contributed by atoms with Crippen molar-refractivity contribution >= 4 is 17.6 Å². The lowest BCUT2D eigenvalue weighted by Gasteiger charge is -2.13. The fraction of sp³-hybridized carbons (Fsp3) is 0.0833. The van der Waals surface area contributed by atoms with E-state index < -0.39 is 5.97 Å². The average Bonchev–Trinajstić information content (AvgIpc) is 2.26. The summed E-state index contributed by atoms with van der Waals surface area (Å²) in [5.74, 6) is -1.47. The summed E-state index contributed by atoms with van der Waals surface area (Å²) in [7, 11) is 0. The first kappa shape index (κ1) is 10.3. The third-order valence-electron chi connectivity index (χ3n) is 2.26. The Hall–Kier alpha value is -2.23. The van der Waals surface area contributed by atoms with Gasteiger partial charge in [-0.2, -0.15) is 0 Å². The van der Waals surface area contributed by atoms with Gasteiger partial charge in [0.2, 0.25) is 0 Å². The van der Waals surface area contributed by atoms with Crippen molar-refractivity contribution in [2.24, 2.45) is 4.99 Å². The molecule has 0 saturated carbocycles. The molecular weight excluding hydrogens is 206 g/mol. The average molecular weight is 215 g/mol. The van der Waals surface area contributed by atoms with Gasteiger partial charge >= 0.3 is 5.97 Å². The van der Waals surface area contributed by atoms with Gasteiger partial charge in [0.05, 0.1) is 5.71 Å². The zero-order valence-corrected chi connectivity index (χ0v) is 8.38. The number of rotatable bonds is 2. The SMILES string of the molecule is O=C(O)/C=C/C1=CC2=CC=CCC2=NC1=O. The number of hydrogen-bond acceptors (Lipinski definition) is 2. The van der Waals surface area contributed by atoms with Crippen LogP contribution in [0.2, 0.25) is 0 Å². The van der Waals surface area contributed by atoms with Crippen molar-refractivity contribution in [2.45, 2.75) is 6.42 Å². The van der Waals surface area contributed by atoms with Gasteiger partial charge in [0.25, 0.3) is 5.91 Å². The molecule has 1 heterocycles. The highest BCUT2D eigenvalue weighted by molar-refractivity contribution is 6.17. The van der Waals surface area contributed by atoms with Crippen molar-refractivity contribution in [3.8, 4) is 0 Å². The van der Waals surface area contributed by atoms with E-state index in [0.29, 0.717) is 12.0 Å². The molecule has 0 aromatic rings. The van der Waals surface area contributed by atoms with Gasteiger partial charge in [0.1, 0.15) is 0 Å². The lowest BCUT2D eigenvalue weighted by Crippen LogP contribution is -2.14. The quantitative estimate of drug-likeness (QED) is 0.708. The van der Waals surface area contributed by atoms with Crippen molar-refractivity contribution in [1.82, 2.24) is 0 Å². The summed E-state index contributed by atoms with van der Waals surface area (Å²) in [6, 6.07) is 0. The summed E-state index contributed by atoms with van der Waals surface area (Å²) >= 11 is 0. The normalized spacial score (nSPS) is 19.0. The molecule has 2 aliphatic rings. The van der Waals surface area contributed by atoms with Crippen molar-refractivity contribution in [3.05, 3.63) is 47.6 Å². The lowest BCUT2D eigenvalue weighted by atomic mass is 9.96. The molecule has 80 valence electrons. The number of aliphatic imine (C=N–C) groups is 1. The highest BCUT2D eigenvalue weighted by atomic mass is 16.4. The van der Waals surface area contributed by atoms with Gasteiger partial charge < -0.3 is 5.11 Å². The smallest absolute Gasteiger partial charge is 0.328 e. The molecule has 4 heteroatoms. The first-order valence-corrected chi connectivity index (χ1v) is 4.78. The topological polar surface area (TPSA) is 66.7 Å². The monoisotopic (exact) mass is 215 g/mol. The van der Waals surface area contributed by atoms with Crippen LogP contribution in [-0.2, 0) is 9.59 Å². The van der Waals surface area contributed by atoms with Crippen molar-refractivity contribution in [1.29, 1.82) is 0 Å². The van der Waals surface area contributed by atoms with Crippen LogP contribution in [-0.4, -0.2) is 22.7 Å². The van der Waals surface area contributed by atoms with E-state index in [0.717, 1.165) is 17.4 Å². The molecule has 0 saturated heterocycles. The van der Waals surface area contributed by atoms with Crippen LogP contribution in [0.1, 0.15) is 6.42 Å². The maximum atomic E-state index is 11.5. The minimum absolute atomic E-state index is 0.299. The third-order valence-corrected chi connectivity index (χ3v) is 2.26. The molecule has 1 aliphatic heterocycles. The molecule has 0 radical (unpaired) electrons. The zero-order chi connectivity index (χ0) is 11.5. The summed E-state index contributed by atoms with van der Waals surface area (Å²) < 4.78 is 0. The molecule has 2 rings (SSSR count). The molecule has 4 nitrogen and oxygen atoms in total. The first-order chi connectivity index (χ1) is 7.66. The van der Waals surface area contributed by atoms with E-state index in [1.807, 2.05) is 18.2 Å². The second kappa shape index (κ2) is 4.10. The van der Waals surface area contributed by atoms with Crippen molar-refractivity contribution in [2.75, 3.05) is 0 Å². The Bertz CT molecular complexity index is 504. The van der Waals surface area contributed by atoms with Crippen LogP contribution in [0.15, 0.2) is 52.6 Å². The van der Waals surface area contributed by atoms with Gasteiger partial charge in [-0.25, -0.2) is 9.79 Å². The largest absolute Gasteiger partial charge is 0.478 e. The number of carbonyl (C=O) groups excluding carboxylic acids is 1. The van der Waals surface area contributed by atoms with Gasteiger partial charge in [-0.05, 0) is 17.7 Å². The van der Waals surface area contributed by atoms with E-state index in [1.165, 1.54) is 6.08 Å². The molecule has 0 aromatic carbocycles. The number of nitrogens with zero attached hydrogens (tertiary/aromatic N) is 1. The third kappa shape index (κ3) is 2.06. The summed E-state index contributed by atoms with van der Waals surface area (Å²) in [4.78, 5) is 25.8. The predicted octanol–water partition coefficient (Wildman–Crippen LogP) is 1.42. The fourth-order valence-electron chi connectivity index (χ4n) is 1.50. The number of fused-ring (bicyclic) bond motifs is 1. The van der Waals surface area contributed by atoms with Crippen LogP contribution in [0.4, 0.5) is 0 Å². The van der Waals surface area contributed by atoms with Crippen molar-refractivity contribution < 1.29 is 14.7 Å². The van der Waals surface area contributed by atoms with Crippen LogP contribution in [0.5, 0.6) is 0 Å². The predicted molar refractivity (Wildman–Crippen MR) is 59.1 cm³/mol. The van der Waals surface area contributed by atoms with E-state index in [2.05, 4.69) is 4.99 Å². The van der Waals surface area contributed by atoms with E-state index in [-0.39, 0.29) is 5.91 Å². The van der Waals surface area contributed by atoms with E-state index in [1.54, 1.807) is 6.08 Å². The maximum Gasteiger partial charge on any atom is 0.328 e. The van der Waals surface area contributed by atoms with Gasteiger partial charge in [-0.1, -0.05) is 18.2 Å². The second-order valence-electron chi connectivity index (χ2n) is 3.39. The van der Waals surface area contributed by atoms with Gasteiger partial charge in [0, 0.05) is 18.1 Å². The maximum absolute atomic E-state index is 11.5. The highest BCUT2D eigenvalue weighted by Gasteiger charge is 2.17. The van der Waals surface area contributed by atoms with Gasteiger partial charge in [0.15, 0.2) is 0 Å². The number of dihydropyridines is 1. The number of carboxylic acids is 1. The van der Waals surface area contributed by atoms with Crippen LogP contribution >= 0.6 is 0 Å². The molecular formula is C12H9NO3. The number of allylic oxidation sites excluding steroid dienone is 5. The Morgan fingerprint density at radius 1 is 1.50 bits per heavy atom. The molecule has 1 N–H and O–H groups in total. The zero-order valence-electron chi connectivity index (χ0n) is 8.38. The number of hydrogen-bond donors (Lipinski definition) is 1. The molecule has 0 fully saturated rings. The van der Waals surface area contributed by atoms with Crippen molar-refractivity contribution in [3.63, 3.8) is 0 Å². The van der Waals surface area contributed by atoms with E-state index in [9.17, 15) is 9.59 Å². The van der Waals surface area contributed by atoms with Crippen LogP contribution in [0, 0.1) is 0 Å². The summed E-state index contributed by atoms with van der Waals surface area (Å²) in [6.45, 7) is 0. The summed E-state index contributed by atoms with van der Waals surface area (Å²) in [5.41, 5.74) is 1.90. The Balaban J connectivity index is 2.31. The lowest BCUT2D eigenvalue weighted by molar-refractivity contribution is -0.131. The first-order valence-electron chi connectivity index (χ1n) is 4.78. The molecule has 0 bridgehead atoms. The minimum atomic E-state index is -1.08. The van der Waals surface area contributed by atoms with Crippen LogP contribution < -0.4 is 0 Å². The van der Waals surface area contributed by atoms with Gasteiger partial charge in [-0.3, -0.25) is 4.79 Å². The Morgan fingerprint density at radius 3 is 3.06 bits per heavy atom. The number of aliphatic carboxylic acids is 1. The number of amides is 1. The fourth-order valence-corrected chi connectivity index (χ4v) is 1.50. The molecule has 16 heavy (non-hydrogen) atoms. The number of carbonyl (C=O) groups is 2. The Kier molecular flexibility index (Phi) is 2.64. The van der Waals surface area contributed by atoms with Crippen LogP contribution in [0.25, 0.3) is 0 Å². The summed E-state index contributed by atoms with van der Waals surface area (Å²) in [5, 5.41) is 8.48.